The summed E-state index contributed by atoms with van der Waals surface area (Å²) >= 11 is 6.66. The standard InChI is InChI=1S/C21H18N2OS2/c1-3-11-23-20(24)19(26-21(23)25)13-14-9-10-18-16(12-14)15-7-5-6-8-17(15)22(18)4-2/h3,5-10,12-13H,1,4,11H2,2H3. The van der Waals surface area contributed by atoms with Gasteiger partial charge in [-0.25, -0.2) is 0 Å². The van der Waals surface area contributed by atoms with E-state index in [-0.39, 0.29) is 5.91 Å². The molecule has 5 heteroatoms. The van der Waals surface area contributed by atoms with E-state index in [0.29, 0.717) is 15.8 Å². The molecule has 26 heavy (non-hydrogen) atoms. The Balaban J connectivity index is 1.82. The number of rotatable bonds is 4. The van der Waals surface area contributed by atoms with Crippen LogP contribution in [0.3, 0.4) is 0 Å². The Morgan fingerprint density at radius 1 is 1.15 bits per heavy atom. The van der Waals surface area contributed by atoms with Gasteiger partial charge in [-0.15, -0.1) is 6.58 Å². The minimum absolute atomic E-state index is 0.0454. The summed E-state index contributed by atoms with van der Waals surface area (Å²) in [5, 5.41) is 2.44. The molecular weight excluding hydrogens is 360 g/mol. The molecule has 0 N–H and O–H groups in total. The molecule has 1 fully saturated rings. The Bertz CT molecular complexity index is 1090. The number of hydrogen-bond acceptors (Lipinski definition) is 3. The maximum atomic E-state index is 12.5. The first-order valence-corrected chi connectivity index (χ1v) is 9.73. The lowest BCUT2D eigenvalue weighted by Gasteiger charge is -2.10. The van der Waals surface area contributed by atoms with Crippen LogP contribution >= 0.6 is 24.0 Å². The van der Waals surface area contributed by atoms with E-state index in [1.165, 1.54) is 33.6 Å². The SMILES string of the molecule is C=CCN1C(=O)C(=Cc2ccc3c(c2)c2ccccc2n3CC)SC1=S. The molecule has 1 saturated heterocycles. The van der Waals surface area contributed by atoms with E-state index in [1.807, 2.05) is 6.08 Å². The monoisotopic (exact) mass is 378 g/mol. The third-order valence-corrected chi connectivity index (χ3v) is 5.97. The average molecular weight is 379 g/mol. The van der Waals surface area contributed by atoms with Crippen molar-refractivity contribution in [3.63, 3.8) is 0 Å². The number of nitrogens with zero attached hydrogens (tertiary/aromatic N) is 2. The van der Waals surface area contributed by atoms with Gasteiger partial charge in [0.05, 0.1) is 4.91 Å². The summed E-state index contributed by atoms with van der Waals surface area (Å²) in [6, 6.07) is 14.8. The van der Waals surface area contributed by atoms with E-state index in [9.17, 15) is 4.79 Å². The molecule has 1 amide bonds. The van der Waals surface area contributed by atoms with Gasteiger partial charge >= 0.3 is 0 Å². The van der Waals surface area contributed by atoms with Crippen molar-refractivity contribution in [1.82, 2.24) is 9.47 Å². The number of aromatic nitrogens is 1. The number of benzene rings is 2. The van der Waals surface area contributed by atoms with Gasteiger partial charge in [-0.2, -0.15) is 0 Å². The fourth-order valence-electron chi connectivity index (χ4n) is 3.44. The van der Waals surface area contributed by atoms with Crippen molar-refractivity contribution >= 4 is 62.1 Å². The molecule has 0 atom stereocenters. The largest absolute Gasteiger partial charge is 0.341 e. The van der Waals surface area contributed by atoms with Crippen molar-refractivity contribution in [3.8, 4) is 0 Å². The van der Waals surface area contributed by atoms with Gasteiger partial charge < -0.3 is 4.57 Å². The first-order valence-electron chi connectivity index (χ1n) is 8.51. The lowest BCUT2D eigenvalue weighted by molar-refractivity contribution is -0.121. The van der Waals surface area contributed by atoms with Crippen molar-refractivity contribution < 1.29 is 4.79 Å². The van der Waals surface area contributed by atoms with Gasteiger partial charge in [0, 0.05) is 34.9 Å². The molecule has 0 saturated carbocycles. The number of hydrogen-bond donors (Lipinski definition) is 0. The molecule has 1 aromatic heterocycles. The predicted molar refractivity (Wildman–Crippen MR) is 115 cm³/mol. The quantitative estimate of drug-likeness (QED) is 0.354. The van der Waals surface area contributed by atoms with E-state index in [1.54, 1.807) is 11.0 Å². The number of para-hydroxylation sites is 1. The first kappa shape index (κ1) is 17.1. The Morgan fingerprint density at radius 3 is 2.69 bits per heavy atom. The molecule has 130 valence electrons. The van der Waals surface area contributed by atoms with Crippen LogP contribution in [0.25, 0.3) is 27.9 Å². The predicted octanol–water partition coefficient (Wildman–Crippen LogP) is 5.20. The van der Waals surface area contributed by atoms with Crippen molar-refractivity contribution in [3.05, 3.63) is 65.6 Å². The minimum atomic E-state index is -0.0454. The number of thioether (sulfide) groups is 1. The molecule has 1 aliphatic rings. The summed E-state index contributed by atoms with van der Waals surface area (Å²) in [5.41, 5.74) is 3.46. The minimum Gasteiger partial charge on any atom is -0.341 e. The highest BCUT2D eigenvalue weighted by Gasteiger charge is 2.30. The molecule has 2 aromatic carbocycles. The lowest BCUT2D eigenvalue weighted by atomic mass is 10.1. The second-order valence-electron chi connectivity index (χ2n) is 6.12. The van der Waals surface area contributed by atoms with Gasteiger partial charge in [0.1, 0.15) is 4.32 Å². The summed E-state index contributed by atoms with van der Waals surface area (Å²) in [4.78, 5) is 14.8. The van der Waals surface area contributed by atoms with E-state index in [0.717, 1.165) is 12.1 Å². The van der Waals surface area contributed by atoms with Gasteiger partial charge in [0.2, 0.25) is 0 Å². The zero-order valence-electron chi connectivity index (χ0n) is 14.4. The molecular formula is C21H18N2OS2. The van der Waals surface area contributed by atoms with Crippen LogP contribution in [0.5, 0.6) is 0 Å². The van der Waals surface area contributed by atoms with E-state index in [2.05, 4.69) is 60.5 Å². The van der Waals surface area contributed by atoms with Crippen LogP contribution in [0.4, 0.5) is 0 Å². The maximum absolute atomic E-state index is 12.5. The van der Waals surface area contributed by atoms with E-state index < -0.39 is 0 Å². The third-order valence-electron chi connectivity index (χ3n) is 4.60. The molecule has 3 nitrogen and oxygen atoms in total. The summed E-state index contributed by atoms with van der Waals surface area (Å²) in [6.07, 6.45) is 3.62. The fraction of sp³-hybridized carbons (Fsp3) is 0.143. The topological polar surface area (TPSA) is 25.2 Å². The van der Waals surface area contributed by atoms with Crippen LogP contribution in [0.1, 0.15) is 12.5 Å². The first-order chi connectivity index (χ1) is 12.6. The number of carbonyl (C=O) groups is 1. The van der Waals surface area contributed by atoms with Crippen molar-refractivity contribution in [2.45, 2.75) is 13.5 Å². The van der Waals surface area contributed by atoms with Gasteiger partial charge in [0.15, 0.2) is 0 Å². The number of thiocarbonyl (C=S) groups is 1. The molecule has 0 unspecified atom stereocenters. The highest BCUT2D eigenvalue weighted by atomic mass is 32.2. The highest BCUT2D eigenvalue weighted by Crippen LogP contribution is 2.34. The second kappa shape index (κ2) is 6.74. The van der Waals surface area contributed by atoms with Gasteiger partial charge in [-0.3, -0.25) is 9.69 Å². The number of carbonyl (C=O) groups excluding carboxylic acids is 1. The van der Waals surface area contributed by atoms with Crippen LogP contribution in [0.2, 0.25) is 0 Å². The van der Waals surface area contributed by atoms with Gasteiger partial charge in [-0.1, -0.05) is 54.3 Å². The van der Waals surface area contributed by atoms with Crippen LogP contribution < -0.4 is 0 Å². The molecule has 0 spiro atoms. The Hall–Kier alpha value is -2.37. The van der Waals surface area contributed by atoms with Crippen LogP contribution in [0, 0.1) is 0 Å². The normalized spacial score (nSPS) is 16.3. The van der Waals surface area contributed by atoms with Gasteiger partial charge in [0.25, 0.3) is 5.91 Å². The zero-order chi connectivity index (χ0) is 18.3. The number of fused-ring (bicyclic) bond motifs is 3. The van der Waals surface area contributed by atoms with Crippen LogP contribution in [0.15, 0.2) is 60.0 Å². The zero-order valence-corrected chi connectivity index (χ0v) is 16.1. The third kappa shape index (κ3) is 2.68. The molecule has 2 heterocycles. The molecule has 3 aromatic rings. The molecule has 0 radical (unpaired) electrons. The number of amides is 1. The van der Waals surface area contributed by atoms with E-state index in [4.69, 9.17) is 12.2 Å². The van der Waals surface area contributed by atoms with Crippen LogP contribution in [-0.2, 0) is 11.3 Å². The molecule has 1 aliphatic heterocycles. The van der Waals surface area contributed by atoms with E-state index >= 15 is 0 Å². The number of aryl methyl sites for hydroxylation is 1. The smallest absolute Gasteiger partial charge is 0.266 e. The fourth-order valence-corrected chi connectivity index (χ4v) is 4.71. The van der Waals surface area contributed by atoms with Crippen molar-refractivity contribution in [2.75, 3.05) is 6.54 Å². The average Bonchev–Trinajstić information content (AvgIpc) is 3.11. The molecule has 0 aliphatic carbocycles. The maximum Gasteiger partial charge on any atom is 0.266 e. The second-order valence-corrected chi connectivity index (χ2v) is 7.79. The molecule has 0 bridgehead atoms. The van der Waals surface area contributed by atoms with Crippen molar-refractivity contribution in [2.24, 2.45) is 0 Å². The highest BCUT2D eigenvalue weighted by molar-refractivity contribution is 8.26. The Kier molecular flexibility index (Phi) is 4.42. The van der Waals surface area contributed by atoms with Gasteiger partial charge in [-0.05, 0) is 36.8 Å². The summed E-state index contributed by atoms with van der Waals surface area (Å²) < 4.78 is 2.91. The summed E-state index contributed by atoms with van der Waals surface area (Å²) in [5.74, 6) is -0.0454. The van der Waals surface area contributed by atoms with Crippen molar-refractivity contribution in [1.29, 1.82) is 0 Å². The Morgan fingerprint density at radius 2 is 1.92 bits per heavy atom. The Labute approximate surface area is 162 Å². The van der Waals surface area contributed by atoms with Crippen LogP contribution in [-0.4, -0.2) is 26.2 Å². The molecule has 4 rings (SSSR count). The lowest BCUT2D eigenvalue weighted by Crippen LogP contribution is -2.27. The summed E-state index contributed by atoms with van der Waals surface area (Å²) in [7, 11) is 0. The summed E-state index contributed by atoms with van der Waals surface area (Å²) in [6.45, 7) is 7.22.